The molecule has 0 saturated heterocycles. The molecule has 0 aromatic heterocycles. The van der Waals surface area contributed by atoms with Crippen LogP contribution in [0.3, 0.4) is 0 Å². The molecule has 2 unspecified atom stereocenters. The summed E-state index contributed by atoms with van der Waals surface area (Å²) >= 11 is 1.15. The SMILES string of the molecule is CC(SCC(O)CO)C(=O)c1ccc(F)c(F)c1. The van der Waals surface area contributed by atoms with E-state index in [0.717, 1.165) is 23.9 Å². The van der Waals surface area contributed by atoms with Gasteiger partial charge in [0.05, 0.1) is 18.0 Å². The largest absolute Gasteiger partial charge is 0.394 e. The third-order valence-electron chi connectivity index (χ3n) is 2.32. The maximum atomic E-state index is 13.0. The number of hydrogen-bond acceptors (Lipinski definition) is 4. The molecule has 0 heterocycles. The van der Waals surface area contributed by atoms with Crippen molar-refractivity contribution in [3.05, 3.63) is 35.4 Å². The number of Topliss-reactive ketones (excluding diaryl/α,β-unsaturated/α-hetero) is 1. The lowest BCUT2D eigenvalue weighted by Crippen LogP contribution is -2.20. The second-order valence-electron chi connectivity index (χ2n) is 3.81. The maximum Gasteiger partial charge on any atom is 0.175 e. The molecule has 0 amide bonds. The standard InChI is InChI=1S/C12H14F2O3S/c1-7(18-6-9(16)5-15)12(17)8-2-3-10(13)11(14)4-8/h2-4,7,9,15-16H,5-6H2,1H3. The lowest BCUT2D eigenvalue weighted by molar-refractivity contribution is 0.0991. The molecule has 0 radical (unpaired) electrons. The van der Waals surface area contributed by atoms with Gasteiger partial charge in [0.15, 0.2) is 17.4 Å². The molecule has 0 saturated carbocycles. The number of halogens is 2. The van der Waals surface area contributed by atoms with E-state index < -0.39 is 23.0 Å². The van der Waals surface area contributed by atoms with Gasteiger partial charge in [-0.3, -0.25) is 4.79 Å². The van der Waals surface area contributed by atoms with E-state index >= 15 is 0 Å². The van der Waals surface area contributed by atoms with Crippen molar-refractivity contribution >= 4 is 17.5 Å². The molecule has 6 heteroatoms. The smallest absolute Gasteiger partial charge is 0.175 e. The average Bonchev–Trinajstić information content (AvgIpc) is 2.37. The molecular weight excluding hydrogens is 262 g/mol. The summed E-state index contributed by atoms with van der Waals surface area (Å²) < 4.78 is 25.7. The minimum Gasteiger partial charge on any atom is -0.394 e. The van der Waals surface area contributed by atoms with Crippen LogP contribution in [0.1, 0.15) is 17.3 Å². The number of benzene rings is 1. The first-order valence-corrected chi connectivity index (χ1v) is 6.40. The molecule has 0 aliphatic carbocycles. The molecule has 0 aliphatic rings. The van der Waals surface area contributed by atoms with E-state index in [9.17, 15) is 13.6 Å². The van der Waals surface area contributed by atoms with Gasteiger partial charge in [-0.15, -0.1) is 11.8 Å². The predicted octanol–water partition coefficient (Wildman–Crippen LogP) is 1.62. The van der Waals surface area contributed by atoms with Crippen molar-refractivity contribution in [3.63, 3.8) is 0 Å². The second-order valence-corrected chi connectivity index (χ2v) is 5.18. The van der Waals surface area contributed by atoms with E-state index in [0.29, 0.717) is 0 Å². The summed E-state index contributed by atoms with van der Waals surface area (Å²) in [5.74, 6) is -2.20. The first kappa shape index (κ1) is 15.1. The number of carbonyl (C=O) groups is 1. The summed E-state index contributed by atoms with van der Waals surface area (Å²) in [5, 5.41) is 17.3. The molecular formula is C12H14F2O3S. The third-order valence-corrected chi connectivity index (χ3v) is 3.61. The third kappa shape index (κ3) is 4.04. The van der Waals surface area contributed by atoms with Crippen LogP contribution < -0.4 is 0 Å². The monoisotopic (exact) mass is 276 g/mol. The van der Waals surface area contributed by atoms with Crippen LogP contribution in [0, 0.1) is 11.6 Å². The summed E-state index contributed by atoms with van der Waals surface area (Å²) in [6.07, 6.45) is -0.893. The van der Waals surface area contributed by atoms with Gasteiger partial charge in [-0.1, -0.05) is 0 Å². The molecule has 0 fully saturated rings. The Labute approximate surface area is 108 Å². The first-order chi connectivity index (χ1) is 8.45. The van der Waals surface area contributed by atoms with E-state index in [1.165, 1.54) is 6.07 Å². The Morgan fingerprint density at radius 3 is 2.61 bits per heavy atom. The van der Waals surface area contributed by atoms with E-state index in [-0.39, 0.29) is 23.7 Å². The van der Waals surface area contributed by atoms with Gasteiger partial charge in [-0.25, -0.2) is 8.78 Å². The predicted molar refractivity (Wildman–Crippen MR) is 65.7 cm³/mol. The van der Waals surface area contributed by atoms with Gasteiger partial charge in [-0.05, 0) is 25.1 Å². The molecule has 1 rings (SSSR count). The number of ketones is 1. The fraction of sp³-hybridized carbons (Fsp3) is 0.417. The quantitative estimate of drug-likeness (QED) is 0.775. The minimum absolute atomic E-state index is 0.0902. The van der Waals surface area contributed by atoms with Crippen molar-refractivity contribution < 1.29 is 23.8 Å². The average molecular weight is 276 g/mol. The maximum absolute atomic E-state index is 13.0. The highest BCUT2D eigenvalue weighted by molar-refractivity contribution is 8.00. The van der Waals surface area contributed by atoms with Crippen LogP contribution in [-0.4, -0.2) is 39.7 Å². The van der Waals surface area contributed by atoms with Gasteiger partial charge in [0.1, 0.15) is 0 Å². The zero-order valence-electron chi connectivity index (χ0n) is 9.77. The molecule has 0 spiro atoms. The van der Waals surface area contributed by atoms with E-state index in [2.05, 4.69) is 0 Å². The van der Waals surface area contributed by atoms with Crippen LogP contribution in [0.15, 0.2) is 18.2 Å². The molecule has 100 valence electrons. The highest BCUT2D eigenvalue weighted by Crippen LogP contribution is 2.18. The van der Waals surface area contributed by atoms with Gasteiger partial charge < -0.3 is 10.2 Å². The number of carbonyl (C=O) groups excluding carboxylic acids is 1. The molecule has 1 aromatic carbocycles. The lowest BCUT2D eigenvalue weighted by Gasteiger charge is -2.12. The minimum atomic E-state index is -1.06. The molecule has 1 aromatic rings. The van der Waals surface area contributed by atoms with Crippen LogP contribution in [0.5, 0.6) is 0 Å². The molecule has 18 heavy (non-hydrogen) atoms. The second kappa shape index (κ2) is 6.82. The van der Waals surface area contributed by atoms with Gasteiger partial charge >= 0.3 is 0 Å². The van der Waals surface area contributed by atoms with Crippen molar-refractivity contribution in [2.75, 3.05) is 12.4 Å². The van der Waals surface area contributed by atoms with E-state index in [1.54, 1.807) is 6.92 Å². The lowest BCUT2D eigenvalue weighted by atomic mass is 10.1. The van der Waals surface area contributed by atoms with Crippen molar-refractivity contribution in [1.29, 1.82) is 0 Å². The zero-order valence-corrected chi connectivity index (χ0v) is 10.6. The topological polar surface area (TPSA) is 57.5 Å². The highest BCUT2D eigenvalue weighted by atomic mass is 32.2. The highest BCUT2D eigenvalue weighted by Gasteiger charge is 2.18. The zero-order chi connectivity index (χ0) is 13.7. The van der Waals surface area contributed by atoms with Crippen LogP contribution in [0.2, 0.25) is 0 Å². The molecule has 3 nitrogen and oxygen atoms in total. The van der Waals surface area contributed by atoms with Crippen LogP contribution in [-0.2, 0) is 0 Å². The molecule has 0 aliphatic heterocycles. The molecule has 0 bridgehead atoms. The Morgan fingerprint density at radius 2 is 2.06 bits per heavy atom. The number of aliphatic hydroxyl groups is 2. The number of aliphatic hydroxyl groups excluding tert-OH is 2. The Bertz CT molecular complexity index is 426. The van der Waals surface area contributed by atoms with Crippen LogP contribution in [0.4, 0.5) is 8.78 Å². The number of thioether (sulfide) groups is 1. The summed E-state index contributed by atoms with van der Waals surface area (Å²) in [6, 6.07) is 2.99. The van der Waals surface area contributed by atoms with Crippen LogP contribution >= 0.6 is 11.8 Å². The summed E-state index contributed by atoms with van der Waals surface area (Å²) in [5.41, 5.74) is 0.0902. The Kier molecular flexibility index (Phi) is 5.71. The molecule has 2 N–H and O–H groups in total. The van der Waals surface area contributed by atoms with Crippen molar-refractivity contribution in [2.24, 2.45) is 0 Å². The Balaban J connectivity index is 2.65. The fourth-order valence-corrected chi connectivity index (χ4v) is 2.17. The van der Waals surface area contributed by atoms with Gasteiger partial charge in [0, 0.05) is 11.3 Å². The summed E-state index contributed by atoms with van der Waals surface area (Å²) in [7, 11) is 0. The summed E-state index contributed by atoms with van der Waals surface area (Å²) in [6.45, 7) is 1.23. The Morgan fingerprint density at radius 1 is 1.39 bits per heavy atom. The van der Waals surface area contributed by atoms with Gasteiger partial charge in [0.25, 0.3) is 0 Å². The summed E-state index contributed by atoms with van der Waals surface area (Å²) in [4.78, 5) is 11.9. The Hall–Kier alpha value is -0.980. The van der Waals surface area contributed by atoms with Crippen LogP contribution in [0.25, 0.3) is 0 Å². The number of rotatable bonds is 6. The van der Waals surface area contributed by atoms with Gasteiger partial charge in [0.2, 0.25) is 0 Å². The normalized spacial score (nSPS) is 14.3. The van der Waals surface area contributed by atoms with Gasteiger partial charge in [-0.2, -0.15) is 0 Å². The first-order valence-electron chi connectivity index (χ1n) is 5.35. The van der Waals surface area contributed by atoms with Crippen molar-refractivity contribution in [1.82, 2.24) is 0 Å². The molecule has 2 atom stereocenters. The van der Waals surface area contributed by atoms with Crippen molar-refractivity contribution in [3.8, 4) is 0 Å². The van der Waals surface area contributed by atoms with E-state index in [4.69, 9.17) is 10.2 Å². The number of hydrogen-bond donors (Lipinski definition) is 2. The fourth-order valence-electron chi connectivity index (χ4n) is 1.27. The van der Waals surface area contributed by atoms with Crippen molar-refractivity contribution in [2.45, 2.75) is 18.3 Å². The van der Waals surface area contributed by atoms with E-state index in [1.807, 2.05) is 0 Å².